The van der Waals surface area contributed by atoms with Crippen molar-refractivity contribution in [2.75, 3.05) is 19.6 Å². The molecular weight excluding hydrogens is 329 g/mol. The fourth-order valence-corrected chi connectivity index (χ4v) is 2.44. The molecule has 0 aromatic heterocycles. The highest BCUT2D eigenvalue weighted by Gasteiger charge is 2.44. The molecule has 0 radical (unpaired) electrons. The Balaban J connectivity index is 1.85. The topological polar surface area (TPSA) is 86.8 Å². The minimum Gasteiger partial charge on any atom is -0.354 e. The van der Waals surface area contributed by atoms with Gasteiger partial charge in [0.1, 0.15) is 12.4 Å². The summed E-state index contributed by atoms with van der Waals surface area (Å²) in [5.41, 5.74) is 0.456. The van der Waals surface area contributed by atoms with Gasteiger partial charge >= 0.3 is 17.8 Å². The number of imide groups is 2. The molecule has 0 aliphatic carbocycles. The summed E-state index contributed by atoms with van der Waals surface area (Å²) in [5.74, 6) is -2.84. The van der Waals surface area contributed by atoms with Crippen molar-refractivity contribution < 1.29 is 23.6 Å². The normalized spacial score (nSPS) is 14.4. The molecule has 134 valence electrons. The van der Waals surface area contributed by atoms with E-state index in [1.807, 2.05) is 6.92 Å². The van der Waals surface area contributed by atoms with Crippen LogP contribution in [0.4, 0.5) is 9.18 Å². The molecule has 5 amide bonds. The van der Waals surface area contributed by atoms with Crippen molar-refractivity contribution in [3.8, 4) is 0 Å². The molecule has 1 saturated heterocycles. The first-order valence-corrected chi connectivity index (χ1v) is 8.13. The van der Waals surface area contributed by atoms with Crippen molar-refractivity contribution in [1.82, 2.24) is 15.1 Å². The Hall–Kier alpha value is -2.77. The Kier molecular flexibility index (Phi) is 6.21. The van der Waals surface area contributed by atoms with Crippen molar-refractivity contribution >= 4 is 23.8 Å². The zero-order valence-corrected chi connectivity index (χ0v) is 14.0. The molecule has 1 aliphatic rings. The lowest BCUT2D eigenvalue weighted by atomic mass is 10.1. The summed E-state index contributed by atoms with van der Waals surface area (Å²) in [7, 11) is 0. The molecule has 0 saturated carbocycles. The first-order chi connectivity index (χ1) is 12.0. The molecule has 1 aromatic carbocycles. The van der Waals surface area contributed by atoms with Gasteiger partial charge in [-0.3, -0.25) is 19.3 Å². The van der Waals surface area contributed by atoms with Crippen molar-refractivity contribution in [2.45, 2.75) is 26.2 Å². The van der Waals surface area contributed by atoms with Crippen molar-refractivity contribution in [1.29, 1.82) is 0 Å². The number of benzene rings is 1. The number of carbonyl (C=O) groups is 4. The Bertz CT molecular complexity index is 692. The Morgan fingerprint density at radius 1 is 1.12 bits per heavy atom. The van der Waals surface area contributed by atoms with Gasteiger partial charge in [0.2, 0.25) is 5.91 Å². The molecule has 1 N–H and O–H groups in total. The number of amides is 5. The van der Waals surface area contributed by atoms with Gasteiger partial charge in [-0.05, 0) is 24.5 Å². The lowest BCUT2D eigenvalue weighted by Gasteiger charge is -2.15. The first kappa shape index (κ1) is 18.6. The average Bonchev–Trinajstić information content (AvgIpc) is 2.78. The standard InChI is InChI=1S/C17H20FN3O4/c1-2-3-10-20-15(23)16(24)21(17(20)25)11-14(22)19-9-8-12-6-4-5-7-13(12)18/h4-7H,2-3,8-11H2,1H3,(H,19,22). The lowest BCUT2D eigenvalue weighted by Crippen LogP contribution is -2.42. The van der Waals surface area contributed by atoms with Crippen LogP contribution in [-0.2, 0) is 20.8 Å². The second kappa shape index (κ2) is 8.36. The number of urea groups is 1. The summed E-state index contributed by atoms with van der Waals surface area (Å²) in [6.45, 7) is 1.69. The Morgan fingerprint density at radius 3 is 2.48 bits per heavy atom. The summed E-state index contributed by atoms with van der Waals surface area (Å²) < 4.78 is 13.5. The molecule has 1 heterocycles. The summed E-state index contributed by atoms with van der Waals surface area (Å²) in [6, 6.07) is 5.43. The highest BCUT2D eigenvalue weighted by molar-refractivity contribution is 6.45. The number of carbonyl (C=O) groups excluding carboxylic acids is 4. The van der Waals surface area contributed by atoms with E-state index in [1.165, 1.54) is 6.07 Å². The fourth-order valence-electron chi connectivity index (χ4n) is 2.44. The van der Waals surface area contributed by atoms with Crippen LogP contribution in [0.15, 0.2) is 24.3 Å². The number of rotatable bonds is 8. The maximum absolute atomic E-state index is 13.5. The summed E-state index contributed by atoms with van der Waals surface area (Å²) in [4.78, 5) is 49.1. The largest absolute Gasteiger partial charge is 0.354 e. The van der Waals surface area contributed by atoms with Gasteiger partial charge in [-0.2, -0.15) is 0 Å². The van der Waals surface area contributed by atoms with E-state index >= 15 is 0 Å². The average molecular weight is 349 g/mol. The van der Waals surface area contributed by atoms with E-state index < -0.39 is 30.3 Å². The van der Waals surface area contributed by atoms with Crippen LogP contribution in [-0.4, -0.2) is 53.2 Å². The number of nitrogens with one attached hydrogen (secondary N) is 1. The monoisotopic (exact) mass is 349 g/mol. The van der Waals surface area contributed by atoms with Crippen LogP contribution in [0.3, 0.4) is 0 Å². The smallest absolute Gasteiger partial charge is 0.334 e. The number of halogens is 1. The van der Waals surface area contributed by atoms with E-state index in [4.69, 9.17) is 0 Å². The summed E-state index contributed by atoms with van der Waals surface area (Å²) in [5, 5.41) is 2.52. The Morgan fingerprint density at radius 2 is 1.80 bits per heavy atom. The van der Waals surface area contributed by atoms with Gasteiger partial charge in [-0.25, -0.2) is 14.1 Å². The minimum atomic E-state index is -0.995. The second-order valence-corrected chi connectivity index (χ2v) is 5.68. The van der Waals surface area contributed by atoms with E-state index in [0.717, 1.165) is 11.3 Å². The maximum Gasteiger partial charge on any atom is 0.334 e. The molecule has 7 nitrogen and oxygen atoms in total. The van der Waals surface area contributed by atoms with Gasteiger partial charge < -0.3 is 5.32 Å². The molecule has 1 aromatic rings. The van der Waals surface area contributed by atoms with Gasteiger partial charge in [0.15, 0.2) is 0 Å². The SMILES string of the molecule is CCCCN1C(=O)C(=O)N(CC(=O)NCCc2ccccc2F)C1=O. The summed E-state index contributed by atoms with van der Waals surface area (Å²) >= 11 is 0. The van der Waals surface area contributed by atoms with Gasteiger partial charge in [0.05, 0.1) is 0 Å². The first-order valence-electron chi connectivity index (χ1n) is 8.13. The quantitative estimate of drug-likeness (QED) is 0.562. The molecule has 0 unspecified atom stereocenters. The van der Waals surface area contributed by atoms with Gasteiger partial charge in [-0.15, -0.1) is 0 Å². The van der Waals surface area contributed by atoms with Gasteiger partial charge in [0.25, 0.3) is 0 Å². The third kappa shape index (κ3) is 4.40. The lowest BCUT2D eigenvalue weighted by molar-refractivity contribution is -0.144. The second-order valence-electron chi connectivity index (χ2n) is 5.68. The molecule has 0 atom stereocenters. The number of unbranched alkanes of at least 4 members (excludes halogenated alkanes) is 1. The number of hydrogen-bond donors (Lipinski definition) is 1. The summed E-state index contributed by atoms with van der Waals surface area (Å²) in [6.07, 6.45) is 1.64. The molecule has 1 aliphatic heterocycles. The zero-order valence-electron chi connectivity index (χ0n) is 14.0. The number of hydrogen-bond acceptors (Lipinski definition) is 4. The number of nitrogens with zero attached hydrogens (tertiary/aromatic N) is 2. The van der Waals surface area contributed by atoms with Crippen LogP contribution in [0.25, 0.3) is 0 Å². The van der Waals surface area contributed by atoms with Crippen molar-refractivity contribution in [3.05, 3.63) is 35.6 Å². The van der Waals surface area contributed by atoms with E-state index in [-0.39, 0.29) is 25.3 Å². The minimum absolute atomic E-state index is 0.156. The molecule has 25 heavy (non-hydrogen) atoms. The van der Waals surface area contributed by atoms with Crippen LogP contribution in [0.5, 0.6) is 0 Å². The molecule has 0 spiro atoms. The van der Waals surface area contributed by atoms with Crippen molar-refractivity contribution in [2.24, 2.45) is 0 Å². The Labute approximate surface area is 144 Å². The van der Waals surface area contributed by atoms with Crippen molar-refractivity contribution in [3.63, 3.8) is 0 Å². The van der Waals surface area contributed by atoms with E-state index in [9.17, 15) is 23.6 Å². The molecular formula is C17H20FN3O4. The van der Waals surface area contributed by atoms with E-state index in [0.29, 0.717) is 16.9 Å². The molecule has 8 heteroatoms. The maximum atomic E-state index is 13.5. The van der Waals surface area contributed by atoms with Crippen LogP contribution < -0.4 is 5.32 Å². The highest BCUT2D eigenvalue weighted by atomic mass is 19.1. The van der Waals surface area contributed by atoms with Crippen LogP contribution in [0.1, 0.15) is 25.3 Å². The molecule has 0 bridgehead atoms. The predicted molar refractivity (Wildman–Crippen MR) is 86.8 cm³/mol. The van der Waals surface area contributed by atoms with Crippen LogP contribution in [0.2, 0.25) is 0 Å². The fraction of sp³-hybridized carbons (Fsp3) is 0.412. The zero-order chi connectivity index (χ0) is 18.4. The molecule has 2 rings (SSSR count). The highest BCUT2D eigenvalue weighted by Crippen LogP contribution is 2.12. The van der Waals surface area contributed by atoms with E-state index in [2.05, 4.69) is 5.32 Å². The predicted octanol–water partition coefficient (Wildman–Crippen LogP) is 1.08. The third-order valence-corrected chi connectivity index (χ3v) is 3.85. The van der Waals surface area contributed by atoms with Gasteiger partial charge in [0, 0.05) is 13.1 Å². The van der Waals surface area contributed by atoms with Gasteiger partial charge in [-0.1, -0.05) is 31.5 Å². The molecule has 1 fully saturated rings. The third-order valence-electron chi connectivity index (χ3n) is 3.85. The van der Waals surface area contributed by atoms with Crippen LogP contribution in [0, 0.1) is 5.82 Å². The van der Waals surface area contributed by atoms with Crippen LogP contribution >= 0.6 is 0 Å². The van der Waals surface area contributed by atoms with E-state index in [1.54, 1.807) is 18.2 Å².